The number of carbonyl (C=O) groups excluding carboxylic acids is 1. The molecule has 1 heterocycles. The molecule has 1 unspecified atom stereocenters. The van der Waals surface area contributed by atoms with Gasteiger partial charge in [0.25, 0.3) is 0 Å². The molecule has 1 rings (SSSR count). The van der Waals surface area contributed by atoms with Crippen LogP contribution in [-0.2, 0) is 4.79 Å². The van der Waals surface area contributed by atoms with Gasteiger partial charge in [-0.1, -0.05) is 20.3 Å². The smallest absolute Gasteiger partial charge is 0.225 e. The molecule has 18 heavy (non-hydrogen) atoms. The maximum absolute atomic E-state index is 12.1. The van der Waals surface area contributed by atoms with Crippen molar-refractivity contribution in [1.29, 1.82) is 0 Å². The first-order chi connectivity index (χ1) is 8.69. The van der Waals surface area contributed by atoms with Gasteiger partial charge in [0.15, 0.2) is 0 Å². The van der Waals surface area contributed by atoms with E-state index in [-0.39, 0.29) is 5.92 Å². The Balaban J connectivity index is 2.24. The Labute approximate surface area is 111 Å². The molecule has 0 aromatic carbocycles. The van der Waals surface area contributed by atoms with Gasteiger partial charge in [-0.2, -0.15) is 0 Å². The van der Waals surface area contributed by atoms with Crippen LogP contribution in [0.3, 0.4) is 0 Å². The summed E-state index contributed by atoms with van der Waals surface area (Å²) >= 11 is 0. The van der Waals surface area contributed by atoms with Crippen LogP contribution in [0.5, 0.6) is 0 Å². The first-order valence-corrected chi connectivity index (χ1v) is 7.40. The van der Waals surface area contributed by atoms with Crippen molar-refractivity contribution in [1.82, 2.24) is 9.80 Å². The highest BCUT2D eigenvalue weighted by Gasteiger charge is 2.23. The third-order valence-electron chi connectivity index (χ3n) is 3.76. The lowest BCUT2D eigenvalue weighted by molar-refractivity contribution is -0.137. The Bertz CT molecular complexity index is 237. The first kappa shape index (κ1) is 15.4. The fraction of sp³-hybridized carbons (Fsp3) is 0.929. The van der Waals surface area contributed by atoms with E-state index in [1.54, 1.807) is 0 Å². The predicted molar refractivity (Wildman–Crippen MR) is 75.4 cm³/mol. The Morgan fingerprint density at radius 2 is 1.89 bits per heavy atom. The molecule has 106 valence electrons. The Hall–Kier alpha value is -0.610. The second-order valence-corrected chi connectivity index (χ2v) is 5.35. The summed E-state index contributed by atoms with van der Waals surface area (Å²) in [5.74, 6) is 0.539. The van der Waals surface area contributed by atoms with Crippen molar-refractivity contribution in [2.45, 2.75) is 39.5 Å². The van der Waals surface area contributed by atoms with Crippen molar-refractivity contribution < 1.29 is 4.79 Å². The third-order valence-corrected chi connectivity index (χ3v) is 3.76. The SMILES string of the molecule is CCCC(C)C(=O)N1CCN(CCCCN)CC1. The molecule has 4 nitrogen and oxygen atoms in total. The third kappa shape index (κ3) is 4.94. The molecule has 0 saturated carbocycles. The second kappa shape index (κ2) is 8.48. The molecule has 0 bridgehead atoms. The zero-order valence-electron chi connectivity index (χ0n) is 12.0. The van der Waals surface area contributed by atoms with Gasteiger partial charge in [-0.05, 0) is 32.4 Å². The summed E-state index contributed by atoms with van der Waals surface area (Å²) < 4.78 is 0. The van der Waals surface area contributed by atoms with Crippen molar-refractivity contribution in [2.24, 2.45) is 11.7 Å². The fourth-order valence-electron chi connectivity index (χ4n) is 2.54. The summed E-state index contributed by atoms with van der Waals surface area (Å²) in [5.41, 5.74) is 5.50. The molecule has 1 atom stereocenters. The lowest BCUT2D eigenvalue weighted by atomic mass is 10.0. The zero-order chi connectivity index (χ0) is 13.4. The number of carbonyl (C=O) groups is 1. The summed E-state index contributed by atoms with van der Waals surface area (Å²) in [6, 6.07) is 0. The maximum atomic E-state index is 12.1. The van der Waals surface area contributed by atoms with Gasteiger partial charge in [-0.3, -0.25) is 9.69 Å². The van der Waals surface area contributed by atoms with Crippen LogP contribution in [0.25, 0.3) is 0 Å². The summed E-state index contributed by atoms with van der Waals surface area (Å²) in [5, 5.41) is 0. The summed E-state index contributed by atoms with van der Waals surface area (Å²) in [7, 11) is 0. The van der Waals surface area contributed by atoms with E-state index in [1.807, 2.05) is 4.90 Å². The van der Waals surface area contributed by atoms with Gasteiger partial charge < -0.3 is 10.6 Å². The van der Waals surface area contributed by atoms with Crippen molar-refractivity contribution >= 4 is 5.91 Å². The Kier molecular flexibility index (Phi) is 7.28. The van der Waals surface area contributed by atoms with Crippen LogP contribution < -0.4 is 5.73 Å². The van der Waals surface area contributed by atoms with E-state index in [2.05, 4.69) is 18.7 Å². The van der Waals surface area contributed by atoms with Crippen LogP contribution in [0.2, 0.25) is 0 Å². The summed E-state index contributed by atoms with van der Waals surface area (Å²) in [4.78, 5) is 16.6. The molecule has 1 aliphatic rings. The summed E-state index contributed by atoms with van der Waals surface area (Å²) in [6.45, 7) is 9.95. The van der Waals surface area contributed by atoms with Crippen LogP contribution >= 0.6 is 0 Å². The number of hydrogen-bond donors (Lipinski definition) is 1. The van der Waals surface area contributed by atoms with E-state index < -0.39 is 0 Å². The second-order valence-electron chi connectivity index (χ2n) is 5.35. The van der Waals surface area contributed by atoms with Crippen molar-refractivity contribution in [3.63, 3.8) is 0 Å². The van der Waals surface area contributed by atoms with Crippen LogP contribution in [0.1, 0.15) is 39.5 Å². The Morgan fingerprint density at radius 3 is 2.44 bits per heavy atom. The van der Waals surface area contributed by atoms with Gasteiger partial charge in [0.05, 0.1) is 0 Å². The van der Waals surface area contributed by atoms with Gasteiger partial charge >= 0.3 is 0 Å². The van der Waals surface area contributed by atoms with E-state index >= 15 is 0 Å². The standard InChI is InChI=1S/C14H29N3O/c1-3-6-13(2)14(18)17-11-9-16(10-12-17)8-5-4-7-15/h13H,3-12,15H2,1-2H3. The molecule has 0 aromatic heterocycles. The largest absolute Gasteiger partial charge is 0.340 e. The van der Waals surface area contributed by atoms with E-state index in [1.165, 1.54) is 6.42 Å². The van der Waals surface area contributed by atoms with Gasteiger partial charge in [-0.25, -0.2) is 0 Å². The minimum absolute atomic E-state index is 0.193. The highest BCUT2D eigenvalue weighted by atomic mass is 16.2. The van der Waals surface area contributed by atoms with Gasteiger partial charge in [0.1, 0.15) is 0 Å². The van der Waals surface area contributed by atoms with Gasteiger partial charge in [0, 0.05) is 32.1 Å². The number of piperazine rings is 1. The molecule has 1 aliphatic heterocycles. The number of nitrogens with two attached hydrogens (primary N) is 1. The van der Waals surface area contributed by atoms with Crippen LogP contribution in [0.15, 0.2) is 0 Å². The zero-order valence-corrected chi connectivity index (χ0v) is 12.0. The van der Waals surface area contributed by atoms with Crippen LogP contribution in [0.4, 0.5) is 0 Å². The van der Waals surface area contributed by atoms with Crippen LogP contribution in [-0.4, -0.2) is 55.0 Å². The monoisotopic (exact) mass is 255 g/mol. The fourth-order valence-corrected chi connectivity index (χ4v) is 2.54. The molecule has 1 amide bonds. The van der Waals surface area contributed by atoms with Crippen LogP contribution in [0, 0.1) is 5.92 Å². The van der Waals surface area contributed by atoms with E-state index in [9.17, 15) is 4.79 Å². The van der Waals surface area contributed by atoms with Gasteiger partial charge in [0.2, 0.25) is 5.91 Å². The number of nitrogens with zero attached hydrogens (tertiary/aromatic N) is 2. The molecular weight excluding hydrogens is 226 g/mol. The molecule has 0 aromatic rings. The lowest BCUT2D eigenvalue weighted by Gasteiger charge is -2.36. The minimum atomic E-state index is 0.193. The highest BCUT2D eigenvalue weighted by Crippen LogP contribution is 2.12. The molecular formula is C14H29N3O. The molecule has 4 heteroatoms. The van der Waals surface area contributed by atoms with Gasteiger partial charge in [-0.15, -0.1) is 0 Å². The first-order valence-electron chi connectivity index (χ1n) is 7.40. The molecule has 2 N–H and O–H groups in total. The van der Waals surface area contributed by atoms with E-state index in [0.29, 0.717) is 5.91 Å². The highest BCUT2D eigenvalue weighted by molar-refractivity contribution is 5.78. The average Bonchev–Trinajstić information content (AvgIpc) is 2.39. The van der Waals surface area contributed by atoms with Crippen molar-refractivity contribution in [3.8, 4) is 0 Å². The average molecular weight is 255 g/mol. The van der Waals surface area contributed by atoms with Crippen molar-refractivity contribution in [3.05, 3.63) is 0 Å². The van der Waals surface area contributed by atoms with E-state index in [4.69, 9.17) is 5.73 Å². The number of unbranched alkanes of at least 4 members (excludes halogenated alkanes) is 1. The number of amides is 1. The normalized spacial score (nSPS) is 18.9. The topological polar surface area (TPSA) is 49.6 Å². The van der Waals surface area contributed by atoms with Crippen molar-refractivity contribution in [2.75, 3.05) is 39.3 Å². The number of rotatable bonds is 7. The molecule has 0 radical (unpaired) electrons. The molecule has 1 fully saturated rings. The predicted octanol–water partition coefficient (Wildman–Crippen LogP) is 1.31. The minimum Gasteiger partial charge on any atom is -0.340 e. The molecule has 0 spiro atoms. The molecule has 0 aliphatic carbocycles. The lowest BCUT2D eigenvalue weighted by Crippen LogP contribution is -2.50. The maximum Gasteiger partial charge on any atom is 0.225 e. The van der Waals surface area contributed by atoms with E-state index in [0.717, 1.165) is 58.5 Å². The molecule has 1 saturated heterocycles. The Morgan fingerprint density at radius 1 is 1.22 bits per heavy atom. The quantitative estimate of drug-likeness (QED) is 0.698. The number of hydrogen-bond acceptors (Lipinski definition) is 3. The summed E-state index contributed by atoms with van der Waals surface area (Å²) in [6.07, 6.45) is 4.38.